The Morgan fingerprint density at radius 1 is 1.15 bits per heavy atom. The monoisotopic (exact) mass is 477 g/mol. The molecule has 0 heterocycles. The number of carboxylic acids is 1. The Bertz CT molecular complexity index is 1130. The SMILES string of the molecule is CCCc1c(OCCCNc2ccc(CC(=O)O)cc2Cl)ccc2c1CCC2c1ccccc1. The molecule has 5 heteroatoms. The molecular formula is C29H32ClNO3. The number of hydrogen-bond donors (Lipinski definition) is 2. The van der Waals surface area contributed by atoms with Crippen LogP contribution in [0.1, 0.15) is 59.9 Å². The standard InChI is InChI=1S/C29H32ClNO3/c1-2-7-25-24-12-11-22(21-8-4-3-5-9-21)23(24)13-15-28(25)34-17-6-16-31-27-14-10-20(18-26(27)30)19-29(32)33/h3-5,8-10,13-15,18,22,31H,2,6-7,11-12,16-17,19H2,1H3,(H,32,33). The number of aliphatic carboxylic acids is 1. The number of halogens is 1. The lowest BCUT2D eigenvalue weighted by molar-refractivity contribution is -0.136. The van der Waals surface area contributed by atoms with Crippen LogP contribution < -0.4 is 10.1 Å². The molecule has 0 saturated carbocycles. The van der Waals surface area contributed by atoms with Crippen molar-refractivity contribution in [1.82, 2.24) is 0 Å². The van der Waals surface area contributed by atoms with Gasteiger partial charge in [-0.2, -0.15) is 0 Å². The fourth-order valence-corrected chi connectivity index (χ4v) is 5.18. The van der Waals surface area contributed by atoms with E-state index in [9.17, 15) is 4.79 Å². The first-order valence-electron chi connectivity index (χ1n) is 12.1. The normalized spacial score (nSPS) is 14.6. The van der Waals surface area contributed by atoms with Gasteiger partial charge in [-0.1, -0.05) is 67.4 Å². The van der Waals surface area contributed by atoms with E-state index in [1.54, 1.807) is 12.1 Å². The third-order valence-corrected chi connectivity index (χ3v) is 6.78. The minimum atomic E-state index is -0.862. The number of carbonyl (C=O) groups is 1. The van der Waals surface area contributed by atoms with E-state index in [1.165, 1.54) is 22.3 Å². The predicted octanol–water partition coefficient (Wildman–Crippen LogP) is 6.88. The zero-order chi connectivity index (χ0) is 23.9. The molecule has 1 aliphatic rings. The number of nitrogens with one attached hydrogen (secondary N) is 1. The van der Waals surface area contributed by atoms with Crippen LogP contribution in [0.15, 0.2) is 60.7 Å². The highest BCUT2D eigenvalue weighted by Gasteiger charge is 2.27. The number of benzene rings is 3. The molecule has 178 valence electrons. The minimum Gasteiger partial charge on any atom is -0.493 e. The first-order valence-corrected chi connectivity index (χ1v) is 12.5. The molecule has 4 rings (SSSR count). The van der Waals surface area contributed by atoms with E-state index in [1.807, 2.05) is 6.07 Å². The predicted molar refractivity (Wildman–Crippen MR) is 138 cm³/mol. The van der Waals surface area contributed by atoms with Crippen molar-refractivity contribution in [2.45, 2.75) is 51.4 Å². The third-order valence-electron chi connectivity index (χ3n) is 6.47. The van der Waals surface area contributed by atoms with Gasteiger partial charge in [0.05, 0.1) is 23.7 Å². The van der Waals surface area contributed by atoms with E-state index in [4.69, 9.17) is 21.4 Å². The van der Waals surface area contributed by atoms with E-state index >= 15 is 0 Å². The van der Waals surface area contributed by atoms with Crippen molar-refractivity contribution in [1.29, 1.82) is 0 Å². The fraction of sp³-hybridized carbons (Fsp3) is 0.345. The topological polar surface area (TPSA) is 58.6 Å². The van der Waals surface area contributed by atoms with Gasteiger partial charge in [0.25, 0.3) is 0 Å². The molecule has 1 unspecified atom stereocenters. The summed E-state index contributed by atoms with van der Waals surface area (Å²) in [5, 5.41) is 12.8. The van der Waals surface area contributed by atoms with Gasteiger partial charge in [0.2, 0.25) is 0 Å². The van der Waals surface area contributed by atoms with Crippen molar-refractivity contribution in [3.05, 3.63) is 93.5 Å². The summed E-state index contributed by atoms with van der Waals surface area (Å²) in [4.78, 5) is 10.9. The van der Waals surface area contributed by atoms with E-state index in [2.05, 4.69) is 54.7 Å². The minimum absolute atomic E-state index is 0.0270. The Kier molecular flexibility index (Phi) is 8.12. The summed E-state index contributed by atoms with van der Waals surface area (Å²) in [6, 6.07) is 20.6. The molecule has 0 amide bonds. The van der Waals surface area contributed by atoms with E-state index in [0.717, 1.165) is 50.1 Å². The molecule has 1 aliphatic carbocycles. The summed E-state index contributed by atoms with van der Waals surface area (Å²) in [7, 11) is 0. The molecule has 3 aromatic carbocycles. The summed E-state index contributed by atoms with van der Waals surface area (Å²) < 4.78 is 6.25. The lowest BCUT2D eigenvalue weighted by Gasteiger charge is -2.18. The molecule has 0 saturated heterocycles. The molecule has 1 atom stereocenters. The van der Waals surface area contributed by atoms with Gasteiger partial charge < -0.3 is 15.2 Å². The molecule has 0 aromatic heterocycles. The number of hydrogen-bond acceptors (Lipinski definition) is 3. The summed E-state index contributed by atoms with van der Waals surface area (Å²) in [5.74, 6) is 0.639. The van der Waals surface area contributed by atoms with Crippen LogP contribution in [0.25, 0.3) is 0 Å². The number of carboxylic acid groups (broad SMARTS) is 1. The van der Waals surface area contributed by atoms with Crippen LogP contribution in [-0.2, 0) is 24.1 Å². The molecule has 0 radical (unpaired) electrons. The maximum absolute atomic E-state index is 10.9. The van der Waals surface area contributed by atoms with E-state index in [-0.39, 0.29) is 6.42 Å². The van der Waals surface area contributed by atoms with Gasteiger partial charge in [0, 0.05) is 12.5 Å². The zero-order valence-corrected chi connectivity index (χ0v) is 20.4. The van der Waals surface area contributed by atoms with Crippen molar-refractivity contribution in [3.8, 4) is 5.75 Å². The van der Waals surface area contributed by atoms with Crippen LogP contribution in [0.4, 0.5) is 5.69 Å². The van der Waals surface area contributed by atoms with Gasteiger partial charge in [-0.25, -0.2) is 0 Å². The Balaban J connectivity index is 1.35. The van der Waals surface area contributed by atoms with Crippen LogP contribution in [0.5, 0.6) is 5.75 Å². The Hall–Kier alpha value is -2.98. The van der Waals surface area contributed by atoms with E-state index in [0.29, 0.717) is 23.1 Å². The highest BCUT2D eigenvalue weighted by atomic mass is 35.5. The third kappa shape index (κ3) is 5.74. The van der Waals surface area contributed by atoms with Gasteiger partial charge >= 0.3 is 5.97 Å². The van der Waals surface area contributed by atoms with Crippen molar-refractivity contribution < 1.29 is 14.6 Å². The molecule has 0 aliphatic heterocycles. The van der Waals surface area contributed by atoms with Crippen LogP contribution in [0, 0.1) is 0 Å². The number of fused-ring (bicyclic) bond motifs is 1. The number of rotatable bonds is 11. The van der Waals surface area contributed by atoms with Crippen LogP contribution >= 0.6 is 11.6 Å². The maximum Gasteiger partial charge on any atom is 0.307 e. The first-order chi connectivity index (χ1) is 16.6. The number of ether oxygens (including phenoxy) is 1. The maximum atomic E-state index is 10.9. The molecule has 0 bridgehead atoms. The van der Waals surface area contributed by atoms with Crippen LogP contribution in [0.2, 0.25) is 5.02 Å². The van der Waals surface area contributed by atoms with Crippen LogP contribution in [0.3, 0.4) is 0 Å². The molecule has 34 heavy (non-hydrogen) atoms. The highest BCUT2D eigenvalue weighted by molar-refractivity contribution is 6.33. The zero-order valence-electron chi connectivity index (χ0n) is 19.6. The number of anilines is 1. The van der Waals surface area contributed by atoms with Gasteiger partial charge in [0.15, 0.2) is 0 Å². The van der Waals surface area contributed by atoms with Crippen molar-refractivity contribution in [2.75, 3.05) is 18.5 Å². The second-order valence-electron chi connectivity index (χ2n) is 8.88. The first kappa shape index (κ1) is 24.2. The Morgan fingerprint density at radius 3 is 2.71 bits per heavy atom. The van der Waals surface area contributed by atoms with Crippen molar-refractivity contribution >= 4 is 23.3 Å². The molecule has 4 nitrogen and oxygen atoms in total. The fourth-order valence-electron chi connectivity index (χ4n) is 4.91. The largest absolute Gasteiger partial charge is 0.493 e. The molecule has 0 fully saturated rings. The second-order valence-corrected chi connectivity index (χ2v) is 9.28. The Morgan fingerprint density at radius 2 is 1.97 bits per heavy atom. The Labute approximate surface area is 206 Å². The van der Waals surface area contributed by atoms with E-state index < -0.39 is 5.97 Å². The molecule has 2 N–H and O–H groups in total. The quantitative estimate of drug-likeness (QED) is 0.295. The molecule has 0 spiro atoms. The summed E-state index contributed by atoms with van der Waals surface area (Å²) in [6.07, 6.45) is 5.22. The average molecular weight is 478 g/mol. The molecule has 3 aromatic rings. The van der Waals surface area contributed by atoms with Gasteiger partial charge in [0.1, 0.15) is 5.75 Å². The summed E-state index contributed by atoms with van der Waals surface area (Å²) >= 11 is 6.30. The lowest BCUT2D eigenvalue weighted by atomic mass is 9.91. The van der Waals surface area contributed by atoms with Crippen molar-refractivity contribution in [2.24, 2.45) is 0 Å². The van der Waals surface area contributed by atoms with Gasteiger partial charge in [-0.3, -0.25) is 4.79 Å². The van der Waals surface area contributed by atoms with Crippen LogP contribution in [-0.4, -0.2) is 24.2 Å². The highest BCUT2D eigenvalue weighted by Crippen LogP contribution is 2.42. The lowest BCUT2D eigenvalue weighted by Crippen LogP contribution is -2.09. The summed E-state index contributed by atoms with van der Waals surface area (Å²) in [5.41, 5.74) is 7.23. The smallest absolute Gasteiger partial charge is 0.307 e. The van der Waals surface area contributed by atoms with Crippen molar-refractivity contribution in [3.63, 3.8) is 0 Å². The van der Waals surface area contributed by atoms with Gasteiger partial charge in [-0.05, 0) is 71.7 Å². The van der Waals surface area contributed by atoms with Gasteiger partial charge in [-0.15, -0.1) is 0 Å². The second kappa shape index (κ2) is 11.4. The summed E-state index contributed by atoms with van der Waals surface area (Å²) in [6.45, 7) is 3.57. The average Bonchev–Trinajstić information content (AvgIpc) is 3.26. The molecular weight excluding hydrogens is 446 g/mol.